The average molecular weight is 124 g/mol. The molecule has 0 amide bonds. The van der Waals surface area contributed by atoms with Crippen LogP contribution in [0.5, 0.6) is 0 Å². The van der Waals surface area contributed by atoms with E-state index in [0.29, 0.717) is 0 Å². The summed E-state index contributed by atoms with van der Waals surface area (Å²) in [5, 5.41) is 0. The molecule has 7 heavy (non-hydrogen) atoms. The smallest absolute Gasteiger partial charge is 0.390 e. The van der Waals surface area contributed by atoms with Gasteiger partial charge in [-0.1, -0.05) is 0 Å². The van der Waals surface area contributed by atoms with Crippen LogP contribution in [0, 0.1) is 0 Å². The first-order valence-electron chi connectivity index (χ1n) is 1.46. The molecule has 0 radical (unpaired) electrons. The fourth-order valence-corrected chi connectivity index (χ4v) is 0. The van der Waals surface area contributed by atoms with Crippen molar-refractivity contribution >= 4 is 15.6 Å². The Kier molecular flexibility index (Phi) is 5.57. The van der Waals surface area contributed by atoms with Gasteiger partial charge in [-0.25, -0.2) is 0 Å². The van der Waals surface area contributed by atoms with Crippen molar-refractivity contribution in [2.24, 2.45) is 0 Å². The quantitative estimate of drug-likeness (QED) is 0.338. The zero-order chi connectivity index (χ0) is 6.50. The van der Waals surface area contributed by atoms with E-state index in [9.17, 15) is 0 Å². The molecule has 0 aliphatic heterocycles. The van der Waals surface area contributed by atoms with Crippen molar-refractivity contribution in [3.05, 3.63) is 0 Å². The van der Waals surface area contributed by atoms with Crippen molar-refractivity contribution in [2.75, 3.05) is 0 Å². The van der Waals surface area contributed by atoms with Gasteiger partial charge in [0.2, 0.25) is 0 Å². The van der Waals surface area contributed by atoms with Crippen LogP contribution in [0.25, 0.3) is 0 Å². The fourth-order valence-electron chi connectivity index (χ4n) is 0. The molecule has 0 aliphatic rings. The second-order valence-corrected chi connectivity index (χ2v) is 2.91. The van der Waals surface area contributed by atoms with E-state index in [-0.39, 0.29) is 0 Å². The van der Waals surface area contributed by atoms with Gasteiger partial charge in [-0.15, -0.1) is 0 Å². The monoisotopic (exact) mass is 124 g/mol. The summed E-state index contributed by atoms with van der Waals surface area (Å²) < 4.78 is 0. The van der Waals surface area contributed by atoms with Crippen LogP contribution in [0.1, 0.15) is 0 Å². The third-order valence-corrected chi connectivity index (χ3v) is 0. The summed E-state index contributed by atoms with van der Waals surface area (Å²) in [6.07, 6.45) is 0. The van der Waals surface area contributed by atoms with E-state index in [4.69, 9.17) is 19.2 Å². The molecular weight excluding hydrogens is 116 g/mol. The highest BCUT2D eigenvalue weighted by Crippen LogP contribution is 1.75. The summed E-state index contributed by atoms with van der Waals surface area (Å²) >= 11 is 0. The SMILES string of the molecule is C=O.C[Si](O)(O)O. The first-order valence-corrected chi connectivity index (χ1v) is 3.80. The predicted octanol–water partition coefficient (Wildman–Crippen LogP) is -1.65. The molecular formula is C2H8O4Si. The van der Waals surface area contributed by atoms with Crippen molar-refractivity contribution in [1.29, 1.82) is 0 Å². The van der Waals surface area contributed by atoms with E-state index in [1.165, 1.54) is 0 Å². The Morgan fingerprint density at radius 2 is 1.29 bits per heavy atom. The average Bonchev–Trinajstić information content (AvgIpc) is 1.36. The molecule has 0 heterocycles. The number of carbonyl (C=O) groups is 1. The molecule has 0 saturated heterocycles. The Bertz CT molecular complexity index is 33.4. The fraction of sp³-hybridized carbons (Fsp3) is 0.500. The van der Waals surface area contributed by atoms with Gasteiger partial charge in [0, 0.05) is 6.55 Å². The minimum absolute atomic E-state index is 0.993. The van der Waals surface area contributed by atoms with Crippen LogP contribution in [-0.2, 0) is 4.79 Å². The molecule has 0 unspecified atom stereocenters. The van der Waals surface area contributed by atoms with Gasteiger partial charge in [0.15, 0.2) is 0 Å². The zero-order valence-corrected chi connectivity index (χ0v) is 4.96. The molecule has 0 atom stereocenters. The van der Waals surface area contributed by atoms with E-state index >= 15 is 0 Å². The van der Waals surface area contributed by atoms with Gasteiger partial charge in [-0.3, -0.25) is 0 Å². The van der Waals surface area contributed by atoms with Crippen LogP contribution in [0.3, 0.4) is 0 Å². The van der Waals surface area contributed by atoms with Gasteiger partial charge in [0.05, 0.1) is 0 Å². The van der Waals surface area contributed by atoms with Crippen LogP contribution in [0.4, 0.5) is 0 Å². The van der Waals surface area contributed by atoms with Crippen molar-refractivity contribution in [3.63, 3.8) is 0 Å². The number of hydrogen-bond acceptors (Lipinski definition) is 4. The molecule has 4 nitrogen and oxygen atoms in total. The maximum absolute atomic E-state index is 8.00. The van der Waals surface area contributed by atoms with Crippen LogP contribution >= 0.6 is 0 Å². The highest BCUT2D eigenvalue weighted by Gasteiger charge is 2.14. The molecule has 0 aromatic carbocycles. The molecule has 44 valence electrons. The Morgan fingerprint density at radius 1 is 1.29 bits per heavy atom. The summed E-state index contributed by atoms with van der Waals surface area (Å²) in [4.78, 5) is 31.3. The zero-order valence-electron chi connectivity index (χ0n) is 3.96. The molecule has 5 heteroatoms. The second kappa shape index (κ2) is 3.94. The van der Waals surface area contributed by atoms with Gasteiger partial charge in [-0.05, 0) is 0 Å². The molecule has 3 N–H and O–H groups in total. The molecule has 0 aliphatic carbocycles. The molecule has 0 saturated carbocycles. The van der Waals surface area contributed by atoms with Crippen LogP contribution < -0.4 is 0 Å². The maximum Gasteiger partial charge on any atom is 0.489 e. The molecule has 0 bridgehead atoms. The van der Waals surface area contributed by atoms with Gasteiger partial charge in [0.1, 0.15) is 6.79 Å². The summed E-state index contributed by atoms with van der Waals surface area (Å²) in [5.74, 6) is 0. The van der Waals surface area contributed by atoms with E-state index in [1.807, 2.05) is 6.79 Å². The molecule has 0 rings (SSSR count). The highest BCUT2D eigenvalue weighted by molar-refractivity contribution is 6.54. The van der Waals surface area contributed by atoms with Crippen molar-refractivity contribution in [2.45, 2.75) is 6.55 Å². The molecule has 0 spiro atoms. The van der Waals surface area contributed by atoms with E-state index in [1.54, 1.807) is 0 Å². The molecule has 0 aromatic heterocycles. The number of rotatable bonds is 0. The Morgan fingerprint density at radius 3 is 1.29 bits per heavy atom. The second-order valence-electron chi connectivity index (χ2n) is 0.971. The Balaban J connectivity index is 0. The van der Waals surface area contributed by atoms with Crippen molar-refractivity contribution in [3.8, 4) is 0 Å². The molecule has 0 aromatic rings. The lowest BCUT2D eigenvalue weighted by atomic mass is 11.9. The van der Waals surface area contributed by atoms with Crippen molar-refractivity contribution in [1.82, 2.24) is 0 Å². The third-order valence-electron chi connectivity index (χ3n) is 0. The lowest BCUT2D eigenvalue weighted by Gasteiger charge is -1.95. The van der Waals surface area contributed by atoms with Gasteiger partial charge >= 0.3 is 8.80 Å². The Labute approximate surface area is 42.4 Å². The molecule has 0 fully saturated rings. The third kappa shape index (κ3) is 1510. The van der Waals surface area contributed by atoms with Crippen LogP contribution in [-0.4, -0.2) is 30.0 Å². The Hall–Kier alpha value is -0.233. The lowest BCUT2D eigenvalue weighted by Crippen LogP contribution is -2.28. The van der Waals surface area contributed by atoms with Gasteiger partial charge < -0.3 is 19.2 Å². The minimum atomic E-state index is -3.61. The first-order chi connectivity index (χ1) is 3.00. The first kappa shape index (κ1) is 9.90. The van der Waals surface area contributed by atoms with Gasteiger partial charge in [0.25, 0.3) is 0 Å². The van der Waals surface area contributed by atoms with Crippen LogP contribution in [0.15, 0.2) is 0 Å². The standard InChI is InChI=1S/CH6O3Si.CH2O/c1-5(2,3)4;1-2/h2-4H,1H3;1H2. The van der Waals surface area contributed by atoms with E-state index < -0.39 is 8.80 Å². The minimum Gasteiger partial charge on any atom is -0.390 e. The topological polar surface area (TPSA) is 77.8 Å². The lowest BCUT2D eigenvalue weighted by molar-refractivity contribution is -0.0979. The predicted molar refractivity (Wildman–Crippen MR) is 25.4 cm³/mol. The van der Waals surface area contributed by atoms with E-state index in [0.717, 1.165) is 6.55 Å². The highest BCUT2D eigenvalue weighted by atomic mass is 28.4. The summed E-state index contributed by atoms with van der Waals surface area (Å²) in [6, 6.07) is 0. The van der Waals surface area contributed by atoms with E-state index in [2.05, 4.69) is 0 Å². The number of hydrogen-bond donors (Lipinski definition) is 3. The van der Waals surface area contributed by atoms with Crippen molar-refractivity contribution < 1.29 is 19.2 Å². The van der Waals surface area contributed by atoms with Gasteiger partial charge in [-0.2, -0.15) is 0 Å². The summed E-state index contributed by atoms with van der Waals surface area (Å²) in [5.41, 5.74) is 0. The number of carbonyl (C=O) groups excluding carboxylic acids is 1. The van der Waals surface area contributed by atoms with Crippen LogP contribution in [0.2, 0.25) is 6.55 Å². The normalized spacial score (nSPS) is 9.14. The summed E-state index contributed by atoms with van der Waals surface area (Å²) in [7, 11) is -3.61. The maximum atomic E-state index is 8.00. The largest absolute Gasteiger partial charge is 0.489 e. The summed E-state index contributed by atoms with van der Waals surface area (Å²) in [6.45, 7) is 2.99.